The van der Waals surface area contributed by atoms with Crippen LogP contribution in [-0.4, -0.2) is 21.3 Å². The van der Waals surface area contributed by atoms with E-state index < -0.39 is 0 Å². The van der Waals surface area contributed by atoms with Crippen molar-refractivity contribution < 1.29 is 14.2 Å². The van der Waals surface area contributed by atoms with Crippen molar-refractivity contribution in [3.05, 3.63) is 47.5 Å². The minimum atomic E-state index is 0.607. The minimum absolute atomic E-state index is 0.607. The van der Waals surface area contributed by atoms with Gasteiger partial charge in [0, 0.05) is 5.69 Å². The predicted octanol–water partition coefficient (Wildman–Crippen LogP) is 2.89. The fourth-order valence-corrected chi connectivity index (χ4v) is 2.11. The predicted molar refractivity (Wildman–Crippen MR) is 79.8 cm³/mol. The van der Waals surface area contributed by atoms with E-state index in [1.54, 1.807) is 21.3 Å². The minimum Gasteiger partial charge on any atom is -0.493 e. The van der Waals surface area contributed by atoms with Gasteiger partial charge >= 0.3 is 0 Å². The molecule has 4 heteroatoms. The summed E-state index contributed by atoms with van der Waals surface area (Å²) >= 11 is 0. The van der Waals surface area contributed by atoms with Crippen LogP contribution in [0.4, 0.5) is 5.69 Å². The summed E-state index contributed by atoms with van der Waals surface area (Å²) in [6.45, 7) is 0. The normalized spacial score (nSPS) is 10.2. The van der Waals surface area contributed by atoms with Crippen LogP contribution < -0.4 is 19.9 Å². The Morgan fingerprint density at radius 3 is 1.80 bits per heavy atom. The molecule has 0 heterocycles. The van der Waals surface area contributed by atoms with Gasteiger partial charge in [0.2, 0.25) is 5.75 Å². The average Bonchev–Trinajstić information content (AvgIpc) is 2.48. The molecule has 2 N–H and O–H groups in total. The third-order valence-electron chi connectivity index (χ3n) is 3.11. The molecule has 0 aliphatic heterocycles. The van der Waals surface area contributed by atoms with E-state index >= 15 is 0 Å². The molecule has 0 fully saturated rings. The molecule has 0 aliphatic carbocycles. The number of methoxy groups -OCH3 is 3. The quantitative estimate of drug-likeness (QED) is 0.851. The van der Waals surface area contributed by atoms with Gasteiger partial charge in [0.1, 0.15) is 0 Å². The molecule has 0 saturated carbocycles. The average molecular weight is 273 g/mol. The van der Waals surface area contributed by atoms with Crippen molar-refractivity contribution in [1.29, 1.82) is 0 Å². The summed E-state index contributed by atoms with van der Waals surface area (Å²) < 4.78 is 16.0. The van der Waals surface area contributed by atoms with Gasteiger partial charge in [-0.1, -0.05) is 12.1 Å². The first-order chi connectivity index (χ1) is 9.67. The lowest BCUT2D eigenvalue weighted by molar-refractivity contribution is 0.324. The smallest absolute Gasteiger partial charge is 0.203 e. The van der Waals surface area contributed by atoms with E-state index in [0.29, 0.717) is 17.2 Å². The lowest BCUT2D eigenvalue weighted by Gasteiger charge is -2.14. The maximum Gasteiger partial charge on any atom is 0.203 e. The van der Waals surface area contributed by atoms with Gasteiger partial charge in [0.25, 0.3) is 0 Å². The van der Waals surface area contributed by atoms with Gasteiger partial charge < -0.3 is 19.9 Å². The van der Waals surface area contributed by atoms with Crippen LogP contribution in [-0.2, 0) is 6.42 Å². The highest BCUT2D eigenvalue weighted by atomic mass is 16.5. The van der Waals surface area contributed by atoms with Gasteiger partial charge in [0.15, 0.2) is 11.5 Å². The molecule has 0 amide bonds. The molecule has 2 rings (SSSR count). The Morgan fingerprint density at radius 1 is 0.800 bits per heavy atom. The molecule has 20 heavy (non-hydrogen) atoms. The van der Waals surface area contributed by atoms with Crippen LogP contribution in [0.1, 0.15) is 11.1 Å². The van der Waals surface area contributed by atoms with Crippen LogP contribution in [0.3, 0.4) is 0 Å². The molecule has 2 aromatic rings. The van der Waals surface area contributed by atoms with Crippen molar-refractivity contribution in [3.8, 4) is 17.2 Å². The first-order valence-electron chi connectivity index (χ1n) is 6.31. The molecule has 0 aliphatic rings. The zero-order valence-corrected chi connectivity index (χ0v) is 12.0. The molecule has 0 atom stereocenters. The Balaban J connectivity index is 2.34. The molecule has 2 aromatic carbocycles. The van der Waals surface area contributed by atoms with Crippen LogP contribution in [0.2, 0.25) is 0 Å². The highest BCUT2D eigenvalue weighted by Crippen LogP contribution is 2.38. The van der Waals surface area contributed by atoms with Gasteiger partial charge in [-0.3, -0.25) is 0 Å². The number of hydrogen-bond acceptors (Lipinski definition) is 4. The second kappa shape index (κ2) is 6.19. The van der Waals surface area contributed by atoms with E-state index in [4.69, 9.17) is 19.9 Å². The van der Waals surface area contributed by atoms with Crippen molar-refractivity contribution >= 4 is 5.69 Å². The molecule has 0 unspecified atom stereocenters. The summed E-state index contributed by atoms with van der Waals surface area (Å²) in [5, 5.41) is 0. The number of ether oxygens (including phenoxy) is 3. The standard InChI is InChI=1S/C16H19NO3/c1-18-14-9-12(10-15(19-2)16(14)20-3)8-11-4-6-13(17)7-5-11/h4-7,9-10H,8,17H2,1-3H3. The van der Waals surface area contributed by atoms with Crippen molar-refractivity contribution in [2.24, 2.45) is 0 Å². The number of nitrogen functional groups attached to an aromatic ring is 1. The number of anilines is 1. The molecular formula is C16H19NO3. The van der Waals surface area contributed by atoms with Crippen LogP contribution >= 0.6 is 0 Å². The topological polar surface area (TPSA) is 53.7 Å². The number of hydrogen-bond donors (Lipinski definition) is 1. The molecule has 0 aromatic heterocycles. The monoisotopic (exact) mass is 273 g/mol. The van der Waals surface area contributed by atoms with Gasteiger partial charge in [-0.05, 0) is 41.8 Å². The van der Waals surface area contributed by atoms with Gasteiger partial charge in [-0.2, -0.15) is 0 Å². The Hall–Kier alpha value is -2.36. The molecule has 0 saturated heterocycles. The Labute approximate surface area is 119 Å². The zero-order chi connectivity index (χ0) is 14.5. The molecule has 0 radical (unpaired) electrons. The van der Waals surface area contributed by atoms with Gasteiger partial charge in [-0.15, -0.1) is 0 Å². The van der Waals surface area contributed by atoms with Crippen LogP contribution in [0.5, 0.6) is 17.2 Å². The molecule has 4 nitrogen and oxygen atoms in total. The molecule has 0 spiro atoms. The molecule has 106 valence electrons. The van der Waals surface area contributed by atoms with E-state index in [-0.39, 0.29) is 0 Å². The van der Waals surface area contributed by atoms with Crippen molar-refractivity contribution in [2.75, 3.05) is 27.1 Å². The number of benzene rings is 2. The van der Waals surface area contributed by atoms with E-state index in [1.165, 1.54) is 5.56 Å². The Bertz CT molecular complexity index is 554. The Morgan fingerprint density at radius 2 is 1.35 bits per heavy atom. The van der Waals surface area contributed by atoms with Crippen LogP contribution in [0.25, 0.3) is 0 Å². The van der Waals surface area contributed by atoms with Crippen LogP contribution in [0.15, 0.2) is 36.4 Å². The lowest BCUT2D eigenvalue weighted by atomic mass is 10.0. The Kier molecular flexibility index (Phi) is 4.35. The summed E-state index contributed by atoms with van der Waals surface area (Å²) in [7, 11) is 4.83. The highest BCUT2D eigenvalue weighted by Gasteiger charge is 2.13. The van der Waals surface area contributed by atoms with Crippen molar-refractivity contribution in [3.63, 3.8) is 0 Å². The second-order valence-corrected chi connectivity index (χ2v) is 4.45. The summed E-state index contributed by atoms with van der Waals surface area (Å²) in [5.41, 5.74) is 8.72. The van der Waals surface area contributed by atoms with Gasteiger partial charge in [-0.25, -0.2) is 0 Å². The first-order valence-corrected chi connectivity index (χ1v) is 6.31. The fraction of sp³-hybridized carbons (Fsp3) is 0.250. The van der Waals surface area contributed by atoms with Crippen LogP contribution in [0, 0.1) is 0 Å². The van der Waals surface area contributed by atoms with E-state index in [0.717, 1.165) is 17.7 Å². The van der Waals surface area contributed by atoms with Crippen molar-refractivity contribution in [2.45, 2.75) is 6.42 Å². The lowest BCUT2D eigenvalue weighted by Crippen LogP contribution is -1.98. The maximum atomic E-state index is 5.69. The SMILES string of the molecule is COc1cc(Cc2ccc(N)cc2)cc(OC)c1OC. The molecular weight excluding hydrogens is 254 g/mol. The van der Waals surface area contributed by atoms with Gasteiger partial charge in [0.05, 0.1) is 21.3 Å². The van der Waals surface area contributed by atoms with E-state index in [2.05, 4.69) is 0 Å². The third-order valence-corrected chi connectivity index (χ3v) is 3.11. The summed E-state index contributed by atoms with van der Waals surface area (Å²) in [5.74, 6) is 1.94. The third kappa shape index (κ3) is 2.96. The van der Waals surface area contributed by atoms with Crippen molar-refractivity contribution in [1.82, 2.24) is 0 Å². The second-order valence-electron chi connectivity index (χ2n) is 4.45. The van der Waals surface area contributed by atoms with E-state index in [1.807, 2.05) is 36.4 Å². The maximum absolute atomic E-state index is 5.69. The largest absolute Gasteiger partial charge is 0.493 e. The molecule has 0 bridgehead atoms. The zero-order valence-electron chi connectivity index (χ0n) is 12.0. The first kappa shape index (κ1) is 14.1. The number of nitrogens with two attached hydrogens (primary N) is 1. The summed E-state index contributed by atoms with van der Waals surface area (Å²) in [6, 6.07) is 11.7. The highest BCUT2D eigenvalue weighted by molar-refractivity contribution is 5.54. The fourth-order valence-electron chi connectivity index (χ4n) is 2.11. The summed E-state index contributed by atoms with van der Waals surface area (Å²) in [4.78, 5) is 0. The summed E-state index contributed by atoms with van der Waals surface area (Å²) in [6.07, 6.45) is 0.775. The number of rotatable bonds is 5. The van der Waals surface area contributed by atoms with E-state index in [9.17, 15) is 0 Å².